The van der Waals surface area contributed by atoms with Gasteiger partial charge in [0.2, 0.25) is 15.9 Å². The Balaban J connectivity index is 2.11. The van der Waals surface area contributed by atoms with Gasteiger partial charge in [0, 0.05) is 0 Å². The van der Waals surface area contributed by atoms with Gasteiger partial charge < -0.3 is 10.4 Å². The third-order valence-electron chi connectivity index (χ3n) is 4.25. The molecule has 8 heteroatoms. The van der Waals surface area contributed by atoms with Gasteiger partial charge in [-0.05, 0) is 42.2 Å². The molecule has 2 aromatic rings. The van der Waals surface area contributed by atoms with Crippen molar-refractivity contribution in [1.29, 1.82) is 0 Å². The van der Waals surface area contributed by atoms with Crippen molar-refractivity contribution in [2.24, 2.45) is 5.92 Å². The van der Waals surface area contributed by atoms with Crippen LogP contribution >= 0.6 is 0 Å². The van der Waals surface area contributed by atoms with E-state index in [1.807, 2.05) is 30.3 Å². The topological polar surface area (TPSA) is 95.5 Å². The van der Waals surface area contributed by atoms with Crippen LogP contribution in [-0.2, 0) is 21.2 Å². The van der Waals surface area contributed by atoms with Gasteiger partial charge in [0.15, 0.2) is 0 Å². The third-order valence-corrected chi connectivity index (χ3v) is 5.70. The molecule has 3 N–H and O–H groups in total. The molecule has 152 valence electrons. The first-order valence-corrected chi connectivity index (χ1v) is 10.4. The third kappa shape index (κ3) is 6.12. The zero-order chi connectivity index (χ0) is 20.7. The number of aliphatic hydroxyl groups excluding tert-OH is 1. The molecular formula is C20H25FN2O4S. The van der Waals surface area contributed by atoms with Gasteiger partial charge in [-0.15, -0.1) is 0 Å². The Morgan fingerprint density at radius 1 is 1.07 bits per heavy atom. The van der Waals surface area contributed by atoms with Crippen LogP contribution in [-0.4, -0.2) is 38.1 Å². The number of benzene rings is 2. The Bertz CT molecular complexity index is 871. The number of sulfonamides is 1. The molecule has 0 bridgehead atoms. The summed E-state index contributed by atoms with van der Waals surface area (Å²) in [6.45, 7) is 3.14. The molecule has 0 aliphatic heterocycles. The quantitative estimate of drug-likeness (QED) is 0.590. The number of rotatable bonds is 9. The smallest absolute Gasteiger partial charge is 0.241 e. The molecule has 6 nitrogen and oxygen atoms in total. The van der Waals surface area contributed by atoms with Gasteiger partial charge in [-0.3, -0.25) is 4.79 Å². The van der Waals surface area contributed by atoms with E-state index in [4.69, 9.17) is 0 Å². The molecule has 0 aliphatic rings. The Morgan fingerprint density at radius 3 is 2.21 bits per heavy atom. The fraction of sp³-hybridized carbons (Fsp3) is 0.350. The number of hydrogen-bond acceptors (Lipinski definition) is 4. The highest BCUT2D eigenvalue weighted by Gasteiger charge is 2.29. The Hall–Kier alpha value is -2.29. The van der Waals surface area contributed by atoms with E-state index in [1.54, 1.807) is 13.8 Å². The fourth-order valence-electron chi connectivity index (χ4n) is 2.69. The van der Waals surface area contributed by atoms with Crippen molar-refractivity contribution in [2.45, 2.75) is 37.2 Å². The lowest BCUT2D eigenvalue weighted by atomic mass is 10.0. The molecule has 2 rings (SSSR count). The van der Waals surface area contributed by atoms with Gasteiger partial charge in [0.25, 0.3) is 0 Å². The Morgan fingerprint density at radius 2 is 1.68 bits per heavy atom. The van der Waals surface area contributed by atoms with Gasteiger partial charge >= 0.3 is 0 Å². The second kappa shape index (κ2) is 9.77. The van der Waals surface area contributed by atoms with Gasteiger partial charge in [0.05, 0.1) is 17.5 Å². The summed E-state index contributed by atoms with van der Waals surface area (Å²) in [5, 5.41) is 12.3. The van der Waals surface area contributed by atoms with Crippen LogP contribution in [0.4, 0.5) is 4.39 Å². The minimum Gasteiger partial charge on any atom is -0.394 e. The number of hydrogen-bond donors (Lipinski definition) is 3. The molecule has 0 aliphatic carbocycles. The molecule has 28 heavy (non-hydrogen) atoms. The lowest BCUT2D eigenvalue weighted by molar-refractivity contribution is -0.124. The predicted octanol–water partition coefficient (Wildman–Crippen LogP) is 1.85. The summed E-state index contributed by atoms with van der Waals surface area (Å²) in [6, 6.07) is 12.1. The fourth-order valence-corrected chi connectivity index (χ4v) is 4.04. The SMILES string of the molecule is CC(C)[C@H](NS(=O)(=O)c1ccc(F)cc1)C(=O)N[C@H](CO)Cc1ccccc1. The largest absolute Gasteiger partial charge is 0.394 e. The first-order valence-electron chi connectivity index (χ1n) is 8.96. The summed E-state index contributed by atoms with van der Waals surface area (Å²) in [6.07, 6.45) is 0.415. The van der Waals surface area contributed by atoms with E-state index in [2.05, 4.69) is 10.0 Å². The van der Waals surface area contributed by atoms with E-state index in [1.165, 1.54) is 0 Å². The molecular weight excluding hydrogens is 383 g/mol. The van der Waals surface area contributed by atoms with Crippen LogP contribution in [0, 0.1) is 11.7 Å². The molecule has 0 saturated carbocycles. The van der Waals surface area contributed by atoms with Crippen LogP contribution in [0.25, 0.3) is 0 Å². The number of nitrogens with one attached hydrogen (secondary N) is 2. The molecule has 2 atom stereocenters. The highest BCUT2D eigenvalue weighted by Crippen LogP contribution is 2.13. The average Bonchev–Trinajstić information content (AvgIpc) is 2.66. The summed E-state index contributed by atoms with van der Waals surface area (Å²) in [4.78, 5) is 12.6. The standard InChI is InChI=1S/C20H25FN2O4S/c1-14(2)19(23-28(26,27)18-10-8-16(21)9-11-18)20(25)22-17(13-24)12-15-6-4-3-5-7-15/h3-11,14,17,19,23-24H,12-13H2,1-2H3,(H,22,25)/t17-,19-/m0/s1. The highest BCUT2D eigenvalue weighted by atomic mass is 32.2. The average molecular weight is 408 g/mol. The van der Waals surface area contributed by atoms with E-state index < -0.39 is 33.8 Å². The van der Waals surface area contributed by atoms with Crippen LogP contribution in [0.5, 0.6) is 0 Å². The summed E-state index contributed by atoms with van der Waals surface area (Å²) in [5.41, 5.74) is 0.940. The van der Waals surface area contributed by atoms with Crippen molar-refractivity contribution < 1.29 is 22.7 Å². The molecule has 0 spiro atoms. The molecule has 0 saturated heterocycles. The normalized spacial score (nSPS) is 13.9. The Kier molecular flexibility index (Phi) is 7.68. The van der Waals surface area contributed by atoms with Crippen LogP contribution in [0.3, 0.4) is 0 Å². The van der Waals surface area contributed by atoms with E-state index in [-0.39, 0.29) is 17.4 Å². The van der Waals surface area contributed by atoms with E-state index >= 15 is 0 Å². The summed E-state index contributed by atoms with van der Waals surface area (Å²) < 4.78 is 40.5. The van der Waals surface area contributed by atoms with Crippen LogP contribution in [0.2, 0.25) is 0 Å². The molecule has 0 fully saturated rings. The minimum absolute atomic E-state index is 0.129. The van der Waals surface area contributed by atoms with Crippen molar-refractivity contribution >= 4 is 15.9 Å². The molecule has 0 unspecified atom stereocenters. The maximum atomic E-state index is 13.1. The van der Waals surface area contributed by atoms with Crippen molar-refractivity contribution in [3.63, 3.8) is 0 Å². The van der Waals surface area contributed by atoms with E-state index in [9.17, 15) is 22.7 Å². The van der Waals surface area contributed by atoms with Gasteiger partial charge in [0.1, 0.15) is 11.9 Å². The first-order chi connectivity index (χ1) is 13.2. The van der Waals surface area contributed by atoms with Gasteiger partial charge in [-0.2, -0.15) is 4.72 Å². The second-order valence-electron chi connectivity index (χ2n) is 6.87. The lowest BCUT2D eigenvalue weighted by Crippen LogP contribution is -2.53. The molecule has 0 heterocycles. The van der Waals surface area contributed by atoms with Gasteiger partial charge in [-0.25, -0.2) is 12.8 Å². The monoisotopic (exact) mass is 408 g/mol. The maximum Gasteiger partial charge on any atom is 0.241 e. The minimum atomic E-state index is -4.01. The predicted molar refractivity (Wildman–Crippen MR) is 105 cm³/mol. The van der Waals surface area contributed by atoms with Crippen LogP contribution in [0.15, 0.2) is 59.5 Å². The zero-order valence-electron chi connectivity index (χ0n) is 15.8. The summed E-state index contributed by atoms with van der Waals surface area (Å²) in [5.74, 6) is -1.43. The van der Waals surface area contributed by atoms with Crippen molar-refractivity contribution in [3.05, 3.63) is 66.0 Å². The van der Waals surface area contributed by atoms with Crippen molar-refractivity contribution in [2.75, 3.05) is 6.61 Å². The van der Waals surface area contributed by atoms with Crippen LogP contribution < -0.4 is 10.0 Å². The second-order valence-corrected chi connectivity index (χ2v) is 8.59. The number of halogens is 1. The van der Waals surface area contributed by atoms with Gasteiger partial charge in [-0.1, -0.05) is 44.2 Å². The lowest BCUT2D eigenvalue weighted by Gasteiger charge is -2.25. The summed E-state index contributed by atoms with van der Waals surface area (Å²) >= 11 is 0. The zero-order valence-corrected chi connectivity index (χ0v) is 16.6. The van der Waals surface area contributed by atoms with E-state index in [0.717, 1.165) is 29.8 Å². The highest BCUT2D eigenvalue weighted by molar-refractivity contribution is 7.89. The van der Waals surface area contributed by atoms with E-state index in [0.29, 0.717) is 6.42 Å². The van der Waals surface area contributed by atoms with Crippen molar-refractivity contribution in [3.8, 4) is 0 Å². The molecule has 0 aromatic heterocycles. The first kappa shape index (κ1) is 22.0. The number of carbonyl (C=O) groups excluding carboxylic acids is 1. The number of aliphatic hydroxyl groups is 1. The molecule has 2 aromatic carbocycles. The number of carbonyl (C=O) groups is 1. The molecule has 1 amide bonds. The number of amides is 1. The maximum absolute atomic E-state index is 13.1. The summed E-state index contributed by atoms with van der Waals surface area (Å²) in [7, 11) is -4.01. The van der Waals surface area contributed by atoms with Crippen molar-refractivity contribution in [1.82, 2.24) is 10.0 Å². The van der Waals surface area contributed by atoms with Crippen LogP contribution in [0.1, 0.15) is 19.4 Å². The molecule has 0 radical (unpaired) electrons. The Labute approximate surface area is 164 Å².